The minimum atomic E-state index is -0.265. The maximum atomic E-state index is 12.3. The first-order valence-corrected chi connectivity index (χ1v) is 7.80. The number of hydrogen-bond acceptors (Lipinski definition) is 5. The summed E-state index contributed by atoms with van der Waals surface area (Å²) in [5.41, 5.74) is 7.39. The molecule has 0 saturated carbocycles. The number of aryl methyl sites for hydroxylation is 1. The zero-order valence-electron chi connectivity index (χ0n) is 11.2. The molecule has 110 valence electrons. The van der Waals surface area contributed by atoms with E-state index in [-0.39, 0.29) is 10.9 Å². The van der Waals surface area contributed by atoms with Crippen molar-refractivity contribution in [3.05, 3.63) is 39.4 Å². The lowest BCUT2D eigenvalue weighted by molar-refractivity contribution is 0.102. The zero-order valence-corrected chi connectivity index (χ0v) is 13.6. The lowest BCUT2D eigenvalue weighted by Crippen LogP contribution is -2.14. The van der Waals surface area contributed by atoms with Crippen LogP contribution in [0.25, 0.3) is 0 Å². The number of carbonyl (C=O) groups excluding carboxylic acids is 1. The Kier molecular flexibility index (Phi) is 5.22. The van der Waals surface area contributed by atoms with Gasteiger partial charge in [0.05, 0.1) is 16.4 Å². The van der Waals surface area contributed by atoms with Crippen molar-refractivity contribution in [2.75, 3.05) is 5.32 Å². The van der Waals surface area contributed by atoms with Crippen LogP contribution >= 0.6 is 35.4 Å². The standard InChI is InChI=1S/C13H13ClN4OS2/c1-2-3-10-11(21-18-17-10)13(19)16-9-5-4-7(12(15)20)6-8(9)14/h4-6H,2-3H2,1H3,(H2,15,20)(H,16,19). The Balaban J connectivity index is 2.19. The summed E-state index contributed by atoms with van der Waals surface area (Å²) in [6.45, 7) is 2.02. The number of amides is 1. The monoisotopic (exact) mass is 340 g/mol. The van der Waals surface area contributed by atoms with E-state index in [1.54, 1.807) is 18.2 Å². The number of nitrogens with one attached hydrogen (secondary N) is 1. The second-order valence-corrected chi connectivity index (χ2v) is 5.91. The number of hydrogen-bond donors (Lipinski definition) is 2. The summed E-state index contributed by atoms with van der Waals surface area (Å²) in [4.78, 5) is 13.0. The third kappa shape index (κ3) is 3.75. The van der Waals surface area contributed by atoms with Crippen molar-refractivity contribution in [1.82, 2.24) is 9.59 Å². The first-order chi connectivity index (χ1) is 10.0. The number of thiocarbonyl (C=S) groups is 1. The van der Waals surface area contributed by atoms with Crippen LogP contribution in [0.4, 0.5) is 5.69 Å². The molecule has 21 heavy (non-hydrogen) atoms. The van der Waals surface area contributed by atoms with Crippen LogP contribution in [-0.4, -0.2) is 20.5 Å². The largest absolute Gasteiger partial charge is 0.389 e. The van der Waals surface area contributed by atoms with Crippen LogP contribution in [0.1, 0.15) is 34.3 Å². The lowest BCUT2D eigenvalue weighted by Gasteiger charge is -2.08. The molecule has 0 bridgehead atoms. The summed E-state index contributed by atoms with van der Waals surface area (Å²) < 4.78 is 3.83. The Morgan fingerprint density at radius 2 is 2.29 bits per heavy atom. The van der Waals surface area contributed by atoms with Gasteiger partial charge in [-0.05, 0) is 36.2 Å². The van der Waals surface area contributed by atoms with Crippen molar-refractivity contribution in [2.45, 2.75) is 19.8 Å². The van der Waals surface area contributed by atoms with Crippen molar-refractivity contribution in [3.63, 3.8) is 0 Å². The van der Waals surface area contributed by atoms with Gasteiger partial charge in [0.1, 0.15) is 9.87 Å². The Hall–Kier alpha value is -1.57. The average Bonchev–Trinajstić information content (AvgIpc) is 2.89. The van der Waals surface area contributed by atoms with Gasteiger partial charge in [-0.15, -0.1) is 5.10 Å². The van der Waals surface area contributed by atoms with Gasteiger partial charge in [-0.3, -0.25) is 4.79 Å². The van der Waals surface area contributed by atoms with Crippen molar-refractivity contribution in [2.24, 2.45) is 5.73 Å². The molecule has 0 atom stereocenters. The Morgan fingerprint density at radius 3 is 2.90 bits per heavy atom. The van der Waals surface area contributed by atoms with E-state index in [9.17, 15) is 4.79 Å². The lowest BCUT2D eigenvalue weighted by atomic mass is 10.2. The fourth-order valence-electron chi connectivity index (χ4n) is 1.73. The number of rotatable bonds is 5. The van der Waals surface area contributed by atoms with Gasteiger partial charge in [0, 0.05) is 5.56 Å². The first kappa shape index (κ1) is 15.8. The van der Waals surface area contributed by atoms with Crippen molar-refractivity contribution < 1.29 is 4.79 Å². The molecule has 2 aromatic rings. The van der Waals surface area contributed by atoms with Gasteiger partial charge < -0.3 is 11.1 Å². The highest BCUT2D eigenvalue weighted by Gasteiger charge is 2.17. The van der Waals surface area contributed by atoms with E-state index in [1.807, 2.05) is 6.92 Å². The molecule has 0 saturated heterocycles. The van der Waals surface area contributed by atoms with Gasteiger partial charge in [0.25, 0.3) is 5.91 Å². The molecule has 5 nitrogen and oxygen atoms in total. The second-order valence-electron chi connectivity index (χ2n) is 4.31. The molecule has 1 aromatic carbocycles. The molecule has 0 fully saturated rings. The summed E-state index contributed by atoms with van der Waals surface area (Å²) in [7, 11) is 0. The van der Waals surface area contributed by atoms with E-state index >= 15 is 0 Å². The molecule has 0 radical (unpaired) electrons. The van der Waals surface area contributed by atoms with Crippen LogP contribution in [0.15, 0.2) is 18.2 Å². The predicted octanol–water partition coefficient (Wildman–Crippen LogP) is 3.03. The molecule has 1 aromatic heterocycles. The van der Waals surface area contributed by atoms with E-state index < -0.39 is 0 Å². The van der Waals surface area contributed by atoms with Crippen LogP contribution in [-0.2, 0) is 6.42 Å². The molecule has 3 N–H and O–H groups in total. The SMILES string of the molecule is CCCc1nnsc1C(=O)Nc1ccc(C(N)=S)cc1Cl. The number of nitrogens with two attached hydrogens (primary N) is 1. The minimum Gasteiger partial charge on any atom is -0.389 e. The van der Waals surface area contributed by atoms with Gasteiger partial charge in [-0.2, -0.15) is 0 Å². The summed E-state index contributed by atoms with van der Waals surface area (Å²) in [6.07, 6.45) is 1.61. The molecule has 0 aliphatic heterocycles. The summed E-state index contributed by atoms with van der Waals surface area (Å²) in [5.74, 6) is -0.265. The molecule has 0 spiro atoms. The van der Waals surface area contributed by atoms with Crippen molar-refractivity contribution in [3.8, 4) is 0 Å². The summed E-state index contributed by atoms with van der Waals surface area (Å²) in [6, 6.07) is 5.00. The molecule has 0 aliphatic rings. The molecular formula is C13H13ClN4OS2. The molecule has 0 unspecified atom stereocenters. The maximum Gasteiger partial charge on any atom is 0.269 e. The topological polar surface area (TPSA) is 80.9 Å². The number of nitrogens with zero attached hydrogens (tertiary/aromatic N) is 2. The number of halogens is 1. The fourth-order valence-corrected chi connectivity index (χ4v) is 2.69. The van der Waals surface area contributed by atoms with E-state index in [2.05, 4.69) is 14.9 Å². The second kappa shape index (κ2) is 6.93. The van der Waals surface area contributed by atoms with Crippen LogP contribution in [0.5, 0.6) is 0 Å². The fraction of sp³-hybridized carbons (Fsp3) is 0.231. The molecule has 8 heteroatoms. The van der Waals surface area contributed by atoms with E-state index in [1.165, 1.54) is 0 Å². The normalized spacial score (nSPS) is 10.4. The first-order valence-electron chi connectivity index (χ1n) is 6.24. The third-order valence-electron chi connectivity index (χ3n) is 2.75. The van der Waals surface area contributed by atoms with Crippen LogP contribution < -0.4 is 11.1 Å². The van der Waals surface area contributed by atoms with Crippen LogP contribution in [0.2, 0.25) is 5.02 Å². The third-order valence-corrected chi connectivity index (χ3v) is 4.07. The highest BCUT2D eigenvalue weighted by Crippen LogP contribution is 2.24. The average molecular weight is 341 g/mol. The summed E-state index contributed by atoms with van der Waals surface area (Å²) in [5, 5.41) is 7.10. The van der Waals surface area contributed by atoms with E-state index in [0.29, 0.717) is 33.3 Å². The summed E-state index contributed by atoms with van der Waals surface area (Å²) >= 11 is 12.1. The highest BCUT2D eigenvalue weighted by molar-refractivity contribution is 7.80. The van der Waals surface area contributed by atoms with Crippen molar-refractivity contribution >= 4 is 51.9 Å². The highest BCUT2D eigenvalue weighted by atomic mass is 35.5. The number of carbonyl (C=O) groups is 1. The molecule has 0 aliphatic carbocycles. The van der Waals surface area contributed by atoms with E-state index in [4.69, 9.17) is 29.6 Å². The van der Waals surface area contributed by atoms with Gasteiger partial charge >= 0.3 is 0 Å². The van der Waals surface area contributed by atoms with Gasteiger partial charge in [-0.25, -0.2) is 0 Å². The minimum absolute atomic E-state index is 0.256. The molecule has 1 amide bonds. The quantitative estimate of drug-likeness (QED) is 0.818. The van der Waals surface area contributed by atoms with Gasteiger partial charge in [0.2, 0.25) is 0 Å². The molecule has 2 rings (SSSR count). The van der Waals surface area contributed by atoms with Crippen LogP contribution in [0, 0.1) is 0 Å². The van der Waals surface area contributed by atoms with E-state index in [0.717, 1.165) is 18.0 Å². The smallest absolute Gasteiger partial charge is 0.269 e. The number of aromatic nitrogens is 2. The predicted molar refractivity (Wildman–Crippen MR) is 89.2 cm³/mol. The Morgan fingerprint density at radius 1 is 1.52 bits per heavy atom. The maximum absolute atomic E-state index is 12.3. The van der Waals surface area contributed by atoms with Crippen LogP contribution in [0.3, 0.4) is 0 Å². The van der Waals surface area contributed by atoms with Gasteiger partial charge in [-0.1, -0.05) is 41.7 Å². The number of benzene rings is 1. The molecular weight excluding hydrogens is 328 g/mol. The molecule has 1 heterocycles. The Labute approximate surface area is 136 Å². The van der Waals surface area contributed by atoms with Crippen molar-refractivity contribution in [1.29, 1.82) is 0 Å². The zero-order chi connectivity index (χ0) is 15.4. The Bertz CT molecular complexity index is 687. The number of anilines is 1. The van der Waals surface area contributed by atoms with Gasteiger partial charge in [0.15, 0.2) is 0 Å².